The summed E-state index contributed by atoms with van der Waals surface area (Å²) in [6, 6.07) is 17.6. The van der Waals surface area contributed by atoms with Gasteiger partial charge < -0.3 is 59.5 Å². The molecule has 0 radical (unpaired) electrons. The summed E-state index contributed by atoms with van der Waals surface area (Å²) >= 11 is 0. The molecule has 3 aromatic carbocycles. The van der Waals surface area contributed by atoms with Gasteiger partial charge in [-0.3, -0.25) is 29.2 Å². The highest BCUT2D eigenvalue weighted by Crippen LogP contribution is 2.22. The molecule has 1 aliphatic heterocycles. The fourth-order valence-electron chi connectivity index (χ4n) is 6.30. The summed E-state index contributed by atoms with van der Waals surface area (Å²) < 4.78 is 63.5. The lowest BCUT2D eigenvalue weighted by atomic mass is 9.91. The standard InChI is InChI=1S/C37H50N10O5.2C2HF3O2/c38-36(39)42-18-4-9-25-14-15-27(20-23-12-16-28(48)17-13-23)45-32(49)22-44-34(51)31(21-26-8-3-7-24-6-1-2-10-29(24)26)47-35(52)30(46-33(25)50)11-5-19-43-37(40)41;2*3-2(4,5)1(6)7/h1-3,6-8,10,12-13,16-17,25,27,30-31,48H,4-5,9,11,14-15,18-22H2,(H,44,51)(H,45,49)(H,46,50)(H,47,52)(H4,38,39,42)(H4,40,41,43);2*(H,6,7)/t25-,27+,30-,31-;;/m0../s1. The van der Waals surface area contributed by atoms with Crippen LogP contribution in [0.25, 0.3) is 10.8 Å². The Balaban J connectivity index is 0.000000923. The first-order valence-corrected chi connectivity index (χ1v) is 20.0. The molecule has 0 bridgehead atoms. The molecule has 4 atom stereocenters. The maximum atomic E-state index is 14.0. The van der Waals surface area contributed by atoms with E-state index in [0.29, 0.717) is 45.1 Å². The van der Waals surface area contributed by atoms with E-state index >= 15 is 0 Å². The summed E-state index contributed by atoms with van der Waals surface area (Å²) in [5, 5.41) is 37.4. The Kier molecular flexibility index (Phi) is 22.0. The van der Waals surface area contributed by atoms with Gasteiger partial charge in [-0.2, -0.15) is 26.3 Å². The first-order chi connectivity index (χ1) is 30.9. The molecule has 362 valence electrons. The van der Waals surface area contributed by atoms with Crippen LogP contribution in [0.1, 0.15) is 49.7 Å². The van der Waals surface area contributed by atoms with Gasteiger partial charge in [-0.05, 0) is 79.0 Å². The highest BCUT2D eigenvalue weighted by Gasteiger charge is 2.39. The van der Waals surface area contributed by atoms with Crippen LogP contribution in [0, 0.1) is 5.92 Å². The lowest BCUT2D eigenvalue weighted by Gasteiger charge is -2.25. The van der Waals surface area contributed by atoms with Crippen LogP contribution in [-0.2, 0) is 41.6 Å². The fourth-order valence-corrected chi connectivity index (χ4v) is 6.30. The van der Waals surface area contributed by atoms with E-state index in [4.69, 9.17) is 42.7 Å². The van der Waals surface area contributed by atoms with E-state index < -0.39 is 66.1 Å². The highest BCUT2D eigenvalue weighted by atomic mass is 19.4. The average Bonchev–Trinajstić information content (AvgIpc) is 3.23. The van der Waals surface area contributed by atoms with Gasteiger partial charge in [-0.15, -0.1) is 0 Å². The minimum atomic E-state index is -5.08. The molecule has 19 nitrogen and oxygen atoms in total. The van der Waals surface area contributed by atoms with Gasteiger partial charge in [0.25, 0.3) is 0 Å². The van der Waals surface area contributed by atoms with Crippen LogP contribution in [0.5, 0.6) is 5.75 Å². The molecule has 1 fully saturated rings. The maximum absolute atomic E-state index is 14.0. The second-order valence-electron chi connectivity index (χ2n) is 14.6. The van der Waals surface area contributed by atoms with Crippen molar-refractivity contribution < 1.29 is 70.4 Å². The van der Waals surface area contributed by atoms with Crippen molar-refractivity contribution in [3.63, 3.8) is 0 Å². The van der Waals surface area contributed by atoms with Crippen molar-refractivity contribution in [3.05, 3.63) is 77.9 Å². The molecular formula is C41H52F6N10O9. The molecule has 0 spiro atoms. The number of phenolic OH excluding ortho intramolecular Hbond substituents is 1. The first-order valence-electron chi connectivity index (χ1n) is 20.0. The fraction of sp³-hybridized carbons (Fsp3) is 0.415. The van der Waals surface area contributed by atoms with Crippen molar-refractivity contribution in [1.82, 2.24) is 21.3 Å². The zero-order chi connectivity index (χ0) is 49.6. The second kappa shape index (κ2) is 26.4. The topological polar surface area (TPSA) is 340 Å². The Bertz CT molecular complexity index is 2140. The number of aliphatic imine (C=N–C) groups is 2. The molecule has 66 heavy (non-hydrogen) atoms. The van der Waals surface area contributed by atoms with Gasteiger partial charge >= 0.3 is 24.3 Å². The minimum Gasteiger partial charge on any atom is -0.508 e. The van der Waals surface area contributed by atoms with Crippen molar-refractivity contribution in [1.29, 1.82) is 0 Å². The number of alkyl halides is 6. The number of halogens is 6. The van der Waals surface area contributed by atoms with Crippen LogP contribution in [0.2, 0.25) is 0 Å². The molecule has 0 saturated carbocycles. The third-order valence-corrected chi connectivity index (χ3v) is 9.45. The van der Waals surface area contributed by atoms with Gasteiger partial charge in [0.05, 0.1) is 6.54 Å². The molecule has 0 aromatic heterocycles. The van der Waals surface area contributed by atoms with E-state index in [1.165, 1.54) is 0 Å². The Morgan fingerprint density at radius 2 is 1.18 bits per heavy atom. The number of guanidine groups is 2. The van der Waals surface area contributed by atoms with E-state index in [1.54, 1.807) is 24.3 Å². The quantitative estimate of drug-likeness (QED) is 0.0534. The summed E-state index contributed by atoms with van der Waals surface area (Å²) in [6.45, 7) is 0.219. The van der Waals surface area contributed by atoms with Crippen LogP contribution >= 0.6 is 0 Å². The molecule has 4 rings (SSSR count). The molecule has 25 heteroatoms. The molecular weight excluding hydrogens is 891 g/mol. The number of nitrogens with two attached hydrogens (primary N) is 4. The van der Waals surface area contributed by atoms with Gasteiger partial charge in [-0.25, -0.2) is 9.59 Å². The van der Waals surface area contributed by atoms with Crippen LogP contribution in [-0.4, -0.2) is 113 Å². The van der Waals surface area contributed by atoms with Crippen molar-refractivity contribution >= 4 is 58.3 Å². The molecule has 1 saturated heterocycles. The predicted molar refractivity (Wildman–Crippen MR) is 228 cm³/mol. The number of fused-ring (bicyclic) bond motifs is 1. The lowest BCUT2D eigenvalue weighted by Crippen LogP contribution is -2.55. The summed E-state index contributed by atoms with van der Waals surface area (Å²) in [4.78, 5) is 80.9. The number of nitrogens with zero attached hydrogens (tertiary/aromatic N) is 2. The van der Waals surface area contributed by atoms with Crippen LogP contribution in [0.3, 0.4) is 0 Å². The number of nitrogens with one attached hydrogen (secondary N) is 4. The van der Waals surface area contributed by atoms with E-state index in [9.17, 15) is 50.6 Å². The number of hydrogen-bond acceptors (Lipinski definition) is 9. The Morgan fingerprint density at radius 1 is 0.652 bits per heavy atom. The summed E-state index contributed by atoms with van der Waals surface area (Å²) in [7, 11) is 0. The van der Waals surface area contributed by atoms with Crippen molar-refractivity contribution in [2.45, 2.75) is 81.8 Å². The van der Waals surface area contributed by atoms with E-state index in [-0.39, 0.29) is 49.5 Å². The number of carbonyl (C=O) groups is 6. The molecule has 1 heterocycles. The van der Waals surface area contributed by atoms with Gasteiger partial charge in [0.2, 0.25) is 23.6 Å². The predicted octanol–water partition coefficient (Wildman–Crippen LogP) is 1.69. The second-order valence-corrected chi connectivity index (χ2v) is 14.6. The molecule has 15 N–H and O–H groups in total. The third kappa shape index (κ3) is 20.9. The Hall–Kier alpha value is -7.34. The smallest absolute Gasteiger partial charge is 0.490 e. The number of benzene rings is 3. The van der Waals surface area contributed by atoms with Gasteiger partial charge in [-0.1, -0.05) is 54.6 Å². The number of aliphatic carboxylic acids is 2. The molecule has 0 unspecified atom stereocenters. The van der Waals surface area contributed by atoms with E-state index in [2.05, 4.69) is 31.3 Å². The maximum Gasteiger partial charge on any atom is 0.490 e. The van der Waals surface area contributed by atoms with Crippen molar-refractivity contribution in [2.24, 2.45) is 38.8 Å². The monoisotopic (exact) mass is 942 g/mol. The van der Waals surface area contributed by atoms with E-state index in [0.717, 1.165) is 21.9 Å². The lowest BCUT2D eigenvalue weighted by molar-refractivity contribution is -0.193. The molecule has 4 amide bonds. The molecule has 0 aliphatic carbocycles. The number of amides is 4. The zero-order valence-electron chi connectivity index (χ0n) is 35.2. The first kappa shape index (κ1) is 54.8. The Labute approximate surface area is 373 Å². The van der Waals surface area contributed by atoms with Gasteiger partial charge in [0, 0.05) is 31.5 Å². The van der Waals surface area contributed by atoms with Crippen molar-refractivity contribution in [3.8, 4) is 5.75 Å². The van der Waals surface area contributed by atoms with Gasteiger partial charge in [0.1, 0.15) is 17.8 Å². The minimum absolute atomic E-state index is 0.0538. The third-order valence-electron chi connectivity index (χ3n) is 9.45. The van der Waals surface area contributed by atoms with Crippen LogP contribution in [0.15, 0.2) is 76.7 Å². The van der Waals surface area contributed by atoms with Crippen molar-refractivity contribution in [2.75, 3.05) is 19.6 Å². The number of carboxylic acids is 2. The average molecular weight is 943 g/mol. The molecule has 3 aromatic rings. The number of hydrogen-bond donors (Lipinski definition) is 11. The number of aromatic hydroxyl groups is 1. The summed E-state index contributed by atoms with van der Waals surface area (Å²) in [5.41, 5.74) is 23.7. The number of carbonyl (C=O) groups excluding carboxylic acids is 4. The largest absolute Gasteiger partial charge is 0.508 e. The number of phenols is 1. The molecule has 1 aliphatic rings. The van der Waals surface area contributed by atoms with Crippen LogP contribution in [0.4, 0.5) is 26.3 Å². The number of rotatable bonds is 12. The highest BCUT2D eigenvalue weighted by molar-refractivity contribution is 5.95. The summed E-state index contributed by atoms with van der Waals surface area (Å²) in [5.74, 6) is -7.98. The van der Waals surface area contributed by atoms with Crippen LogP contribution < -0.4 is 44.2 Å². The van der Waals surface area contributed by atoms with Gasteiger partial charge in [0.15, 0.2) is 11.9 Å². The zero-order valence-corrected chi connectivity index (χ0v) is 35.2. The Morgan fingerprint density at radius 3 is 1.74 bits per heavy atom. The number of carboxylic acid groups (broad SMARTS) is 2. The SMILES string of the molecule is NC(N)=NCCC[C@H]1CC[C@H](Cc2ccc(O)cc2)NC(=O)CNC(=O)[C@H](Cc2cccc3ccccc23)NC(=O)[C@H](CCCN=C(N)N)NC1=O.O=C(O)C(F)(F)F.O=C(O)C(F)(F)F. The van der Waals surface area contributed by atoms with E-state index in [1.807, 2.05) is 42.5 Å². The normalized spacial score (nSPS) is 18.4. The summed E-state index contributed by atoms with van der Waals surface area (Å²) in [6.07, 6.45) is -7.36.